The molecule has 0 atom stereocenters. The third-order valence-corrected chi connectivity index (χ3v) is 2.21. The van der Waals surface area contributed by atoms with Crippen LogP contribution in [0.5, 0.6) is 0 Å². The third-order valence-electron chi connectivity index (χ3n) is 1.49. The third kappa shape index (κ3) is 1.86. The molecule has 0 aliphatic carbocycles. The number of hydrazone groups is 1. The summed E-state index contributed by atoms with van der Waals surface area (Å²) >= 11 is 0. The van der Waals surface area contributed by atoms with Crippen molar-refractivity contribution in [2.45, 2.75) is 0 Å². The van der Waals surface area contributed by atoms with Gasteiger partial charge < -0.3 is 4.74 Å². The van der Waals surface area contributed by atoms with Gasteiger partial charge >= 0.3 is 5.97 Å². The Bertz CT molecular complexity index is 387. The first kappa shape index (κ1) is 9.72. The van der Waals surface area contributed by atoms with Gasteiger partial charge in [0, 0.05) is 7.05 Å². The molecule has 0 unspecified atom stereocenters. The van der Waals surface area contributed by atoms with Crippen LogP contribution in [0.25, 0.3) is 0 Å². The molecule has 1 heterocycles. The van der Waals surface area contributed by atoms with Gasteiger partial charge in [-0.05, 0) is 0 Å². The van der Waals surface area contributed by atoms with E-state index in [4.69, 9.17) is 0 Å². The SMILES string of the molecule is COC(=O)C1=NN(C)CC1=S(=O)=O. The molecule has 0 spiro atoms. The van der Waals surface area contributed by atoms with Crippen LogP contribution >= 0.6 is 0 Å². The van der Waals surface area contributed by atoms with E-state index in [1.165, 1.54) is 12.1 Å². The Hall–Kier alpha value is -1.37. The van der Waals surface area contributed by atoms with Gasteiger partial charge in [-0.3, -0.25) is 5.01 Å². The predicted octanol–water partition coefficient (Wildman–Crippen LogP) is -1.49. The summed E-state index contributed by atoms with van der Waals surface area (Å²) in [6.07, 6.45) is 0. The Labute approximate surface area is 76.3 Å². The number of hydrogen-bond donors (Lipinski definition) is 0. The summed E-state index contributed by atoms with van der Waals surface area (Å²) in [6.45, 7) is 0.112. The summed E-state index contributed by atoms with van der Waals surface area (Å²) in [7, 11) is 0.327. The van der Waals surface area contributed by atoms with Crippen LogP contribution in [-0.4, -0.2) is 50.7 Å². The number of methoxy groups -OCH3 is 1. The molecule has 72 valence electrons. The van der Waals surface area contributed by atoms with E-state index < -0.39 is 16.3 Å². The monoisotopic (exact) mass is 204 g/mol. The maximum Gasteiger partial charge on any atom is 0.359 e. The fourth-order valence-electron chi connectivity index (χ4n) is 0.928. The van der Waals surface area contributed by atoms with Crippen LogP contribution in [0.15, 0.2) is 5.10 Å². The van der Waals surface area contributed by atoms with Crippen molar-refractivity contribution in [1.82, 2.24) is 5.01 Å². The lowest BCUT2D eigenvalue weighted by Gasteiger charge is -1.99. The minimum atomic E-state index is -2.42. The summed E-state index contributed by atoms with van der Waals surface area (Å²) < 4.78 is 25.6. The van der Waals surface area contributed by atoms with Crippen molar-refractivity contribution in [2.75, 3.05) is 20.7 Å². The summed E-state index contributed by atoms with van der Waals surface area (Å²) in [5.41, 5.74) is -0.140. The van der Waals surface area contributed by atoms with E-state index in [0.29, 0.717) is 0 Å². The Morgan fingerprint density at radius 1 is 1.62 bits per heavy atom. The second-order valence-electron chi connectivity index (χ2n) is 2.41. The topological polar surface area (TPSA) is 76.0 Å². The lowest BCUT2D eigenvalue weighted by atomic mass is 10.3. The van der Waals surface area contributed by atoms with E-state index in [-0.39, 0.29) is 17.1 Å². The van der Waals surface area contributed by atoms with Crippen LogP contribution in [0.4, 0.5) is 0 Å². The van der Waals surface area contributed by atoms with Gasteiger partial charge in [0.15, 0.2) is 5.71 Å². The van der Waals surface area contributed by atoms with E-state index in [2.05, 4.69) is 9.84 Å². The molecule has 1 aliphatic rings. The van der Waals surface area contributed by atoms with Crippen molar-refractivity contribution in [3.8, 4) is 0 Å². The molecule has 0 N–H and O–H groups in total. The Morgan fingerprint density at radius 3 is 2.69 bits per heavy atom. The van der Waals surface area contributed by atoms with Gasteiger partial charge in [0.05, 0.1) is 13.7 Å². The van der Waals surface area contributed by atoms with Crippen LogP contribution in [0.1, 0.15) is 0 Å². The first-order valence-corrected chi connectivity index (χ1v) is 4.47. The van der Waals surface area contributed by atoms with Crippen LogP contribution < -0.4 is 0 Å². The first-order chi connectivity index (χ1) is 6.06. The number of esters is 1. The maximum atomic E-state index is 11.0. The number of nitrogens with zero attached hydrogens (tertiary/aromatic N) is 2. The average Bonchev–Trinajstić information content (AvgIpc) is 2.46. The standard InChI is InChI=1S/C6H8N2O4S/c1-8-3-4(13(10)11)5(7-8)6(9)12-2/h3H2,1-2H3. The zero-order chi connectivity index (χ0) is 10.0. The lowest BCUT2D eigenvalue weighted by Crippen LogP contribution is -2.25. The summed E-state index contributed by atoms with van der Waals surface area (Å²) in [5, 5.41) is 5.07. The normalized spacial score (nSPS) is 15.7. The zero-order valence-electron chi connectivity index (χ0n) is 7.14. The van der Waals surface area contributed by atoms with E-state index in [1.54, 1.807) is 7.05 Å². The molecule has 0 aromatic rings. The molecule has 0 radical (unpaired) electrons. The minimum Gasteiger partial charge on any atom is -0.464 e. The molecule has 0 bridgehead atoms. The molecule has 0 fully saturated rings. The molecule has 0 saturated carbocycles. The van der Waals surface area contributed by atoms with Crippen molar-refractivity contribution in [2.24, 2.45) is 5.10 Å². The van der Waals surface area contributed by atoms with Crippen LogP contribution in [0.2, 0.25) is 0 Å². The van der Waals surface area contributed by atoms with Gasteiger partial charge in [-0.2, -0.15) is 13.5 Å². The van der Waals surface area contributed by atoms with Gasteiger partial charge in [-0.1, -0.05) is 0 Å². The van der Waals surface area contributed by atoms with Gasteiger partial charge in [0.1, 0.15) is 4.86 Å². The summed E-state index contributed by atoms with van der Waals surface area (Å²) in [6, 6.07) is 0. The quantitative estimate of drug-likeness (QED) is 0.384. The predicted molar refractivity (Wildman–Crippen MR) is 46.0 cm³/mol. The van der Waals surface area contributed by atoms with Gasteiger partial charge in [-0.25, -0.2) is 4.79 Å². The molecule has 1 rings (SSSR count). The van der Waals surface area contributed by atoms with Crippen LogP contribution in [0, 0.1) is 0 Å². The summed E-state index contributed by atoms with van der Waals surface area (Å²) in [4.78, 5) is 11.0. The van der Waals surface area contributed by atoms with Crippen molar-refractivity contribution >= 4 is 26.8 Å². The second-order valence-corrected chi connectivity index (χ2v) is 3.38. The first-order valence-electron chi connectivity index (χ1n) is 3.39. The largest absolute Gasteiger partial charge is 0.464 e. The van der Waals surface area contributed by atoms with Gasteiger partial charge in [0.2, 0.25) is 10.3 Å². The second kappa shape index (κ2) is 3.56. The fraction of sp³-hybridized carbons (Fsp3) is 0.500. The molecule has 0 saturated heterocycles. The van der Waals surface area contributed by atoms with Crippen LogP contribution in [0.3, 0.4) is 0 Å². The highest BCUT2D eigenvalue weighted by Gasteiger charge is 2.27. The van der Waals surface area contributed by atoms with E-state index >= 15 is 0 Å². The zero-order valence-corrected chi connectivity index (χ0v) is 7.96. The molecule has 0 amide bonds. The number of hydrogen-bond acceptors (Lipinski definition) is 6. The van der Waals surface area contributed by atoms with E-state index in [1.807, 2.05) is 0 Å². The van der Waals surface area contributed by atoms with Crippen molar-refractivity contribution in [3.05, 3.63) is 0 Å². The van der Waals surface area contributed by atoms with Gasteiger partial charge in [-0.15, -0.1) is 0 Å². The van der Waals surface area contributed by atoms with Crippen molar-refractivity contribution in [3.63, 3.8) is 0 Å². The van der Waals surface area contributed by atoms with Gasteiger partial charge in [0.25, 0.3) is 0 Å². The number of carbonyl (C=O) groups excluding carboxylic acids is 1. The number of carbonyl (C=O) groups is 1. The molecule has 7 heteroatoms. The Kier molecular flexibility index (Phi) is 2.66. The van der Waals surface area contributed by atoms with Crippen LogP contribution in [-0.2, 0) is 19.8 Å². The smallest absolute Gasteiger partial charge is 0.359 e. The molecule has 13 heavy (non-hydrogen) atoms. The number of ether oxygens (including phenoxy) is 1. The van der Waals surface area contributed by atoms with E-state index in [0.717, 1.165) is 0 Å². The molecule has 0 aromatic carbocycles. The van der Waals surface area contributed by atoms with Crippen molar-refractivity contribution < 1.29 is 17.9 Å². The fourth-order valence-corrected chi connectivity index (χ4v) is 1.50. The molecule has 6 nitrogen and oxygen atoms in total. The minimum absolute atomic E-state index is 0.0330. The molecular formula is C6H8N2O4S. The Morgan fingerprint density at radius 2 is 2.23 bits per heavy atom. The molecule has 1 aliphatic heterocycles. The number of rotatable bonds is 1. The lowest BCUT2D eigenvalue weighted by molar-refractivity contribution is -0.132. The highest BCUT2D eigenvalue weighted by atomic mass is 32.2. The summed E-state index contributed by atoms with van der Waals surface area (Å²) in [5.74, 6) is -0.733. The maximum absolute atomic E-state index is 11.0. The Balaban J connectivity index is 3.15. The average molecular weight is 204 g/mol. The highest BCUT2D eigenvalue weighted by Crippen LogP contribution is 2.01. The van der Waals surface area contributed by atoms with Crippen molar-refractivity contribution in [1.29, 1.82) is 0 Å². The van der Waals surface area contributed by atoms with E-state index in [9.17, 15) is 13.2 Å². The highest BCUT2D eigenvalue weighted by molar-refractivity contribution is 7.75. The molecule has 0 aromatic heterocycles. The molecular weight excluding hydrogens is 196 g/mol.